The van der Waals surface area contributed by atoms with E-state index < -0.39 is 0 Å². The zero-order valence-corrected chi connectivity index (χ0v) is 15.4. The van der Waals surface area contributed by atoms with E-state index in [1.54, 1.807) is 7.11 Å². The number of rotatable bonds is 4. The Morgan fingerprint density at radius 3 is 2.65 bits per heavy atom. The van der Waals surface area contributed by atoms with Crippen LogP contribution in [0.5, 0.6) is 5.75 Å². The van der Waals surface area contributed by atoms with Gasteiger partial charge in [-0.1, -0.05) is 17.3 Å². The normalized spacial score (nSPS) is 15.6. The number of hydrogen-bond acceptors (Lipinski definition) is 7. The molecule has 0 N–H and O–H groups in total. The fourth-order valence-corrected chi connectivity index (χ4v) is 3.60. The molecule has 1 fully saturated rings. The van der Waals surface area contributed by atoms with Crippen molar-refractivity contribution in [1.29, 1.82) is 0 Å². The number of aromatic nitrogens is 3. The molecule has 3 heterocycles. The zero-order chi connectivity index (χ0) is 18.1. The Balaban J connectivity index is 1.55. The lowest BCUT2D eigenvalue weighted by Gasteiger charge is -2.36. The summed E-state index contributed by atoms with van der Waals surface area (Å²) in [5.41, 5.74) is 3.36. The lowest BCUT2D eigenvalue weighted by Crippen LogP contribution is -2.46. The predicted molar refractivity (Wildman–Crippen MR) is 99.6 cm³/mol. The molecule has 0 amide bonds. The lowest BCUT2D eigenvalue weighted by molar-refractivity contribution is 0.240. The highest BCUT2D eigenvalue weighted by molar-refractivity contribution is 5.96. The van der Waals surface area contributed by atoms with E-state index in [2.05, 4.69) is 37.9 Å². The van der Waals surface area contributed by atoms with Crippen molar-refractivity contribution in [2.24, 2.45) is 0 Å². The van der Waals surface area contributed by atoms with Crippen molar-refractivity contribution < 1.29 is 9.26 Å². The first-order valence-electron chi connectivity index (χ1n) is 8.84. The summed E-state index contributed by atoms with van der Waals surface area (Å²) >= 11 is 0. The van der Waals surface area contributed by atoms with Gasteiger partial charge in [-0.2, -0.15) is 4.98 Å². The number of anilines is 1. The Morgan fingerprint density at radius 2 is 1.96 bits per heavy atom. The molecular formula is C19H23N5O2. The van der Waals surface area contributed by atoms with Crippen LogP contribution in [-0.2, 0) is 6.54 Å². The van der Waals surface area contributed by atoms with Gasteiger partial charge >= 0.3 is 0 Å². The number of piperazine rings is 1. The third kappa shape index (κ3) is 3.10. The Morgan fingerprint density at radius 1 is 1.15 bits per heavy atom. The van der Waals surface area contributed by atoms with Crippen molar-refractivity contribution in [2.45, 2.75) is 20.4 Å². The highest BCUT2D eigenvalue weighted by atomic mass is 16.5. The Kier molecular flexibility index (Phi) is 4.46. The molecule has 0 aliphatic carbocycles. The number of pyridine rings is 1. The molecule has 0 unspecified atom stereocenters. The fraction of sp³-hybridized carbons (Fsp3) is 0.421. The van der Waals surface area contributed by atoms with Crippen molar-refractivity contribution >= 4 is 16.6 Å². The largest absolute Gasteiger partial charge is 0.494 e. The van der Waals surface area contributed by atoms with Crippen LogP contribution >= 0.6 is 0 Å². The molecule has 4 rings (SSSR count). The molecule has 0 bridgehead atoms. The van der Waals surface area contributed by atoms with Gasteiger partial charge in [-0.25, -0.2) is 0 Å². The highest BCUT2D eigenvalue weighted by Gasteiger charge is 2.22. The summed E-state index contributed by atoms with van der Waals surface area (Å²) in [5.74, 6) is 2.19. The van der Waals surface area contributed by atoms with Gasteiger partial charge in [-0.05, 0) is 18.6 Å². The van der Waals surface area contributed by atoms with Gasteiger partial charge in [0.2, 0.25) is 5.89 Å². The highest BCUT2D eigenvalue weighted by Crippen LogP contribution is 2.34. The molecule has 0 atom stereocenters. The molecule has 1 aliphatic rings. The number of para-hydroxylation sites is 1. The van der Waals surface area contributed by atoms with E-state index in [1.807, 2.05) is 25.3 Å². The van der Waals surface area contributed by atoms with Gasteiger partial charge in [-0.15, -0.1) is 0 Å². The fourth-order valence-electron chi connectivity index (χ4n) is 3.60. The Bertz CT molecular complexity index is 915. The van der Waals surface area contributed by atoms with Gasteiger partial charge in [0.05, 0.1) is 19.3 Å². The summed E-state index contributed by atoms with van der Waals surface area (Å²) in [6.45, 7) is 8.49. The minimum atomic E-state index is 0.617. The van der Waals surface area contributed by atoms with Crippen LogP contribution in [0.2, 0.25) is 0 Å². The van der Waals surface area contributed by atoms with E-state index in [9.17, 15) is 0 Å². The van der Waals surface area contributed by atoms with Gasteiger partial charge in [0, 0.05) is 44.7 Å². The summed E-state index contributed by atoms with van der Waals surface area (Å²) in [7, 11) is 1.69. The third-order valence-electron chi connectivity index (χ3n) is 4.86. The van der Waals surface area contributed by atoms with Gasteiger partial charge in [0.25, 0.3) is 0 Å². The number of hydrogen-bond donors (Lipinski definition) is 0. The van der Waals surface area contributed by atoms with E-state index in [1.165, 1.54) is 11.3 Å². The summed E-state index contributed by atoms with van der Waals surface area (Å²) in [4.78, 5) is 13.7. The molecule has 0 spiro atoms. The molecule has 7 heteroatoms. The van der Waals surface area contributed by atoms with E-state index in [0.29, 0.717) is 5.89 Å². The van der Waals surface area contributed by atoms with Crippen LogP contribution in [0.1, 0.15) is 17.3 Å². The molecule has 3 aromatic rings. The maximum atomic E-state index is 5.48. The van der Waals surface area contributed by atoms with Crippen molar-refractivity contribution in [3.63, 3.8) is 0 Å². The molecule has 1 aromatic carbocycles. The first-order valence-corrected chi connectivity index (χ1v) is 8.84. The van der Waals surface area contributed by atoms with E-state index >= 15 is 0 Å². The second kappa shape index (κ2) is 6.92. The van der Waals surface area contributed by atoms with Gasteiger partial charge < -0.3 is 14.2 Å². The molecule has 2 aromatic heterocycles. The second-order valence-electron chi connectivity index (χ2n) is 6.64. The Hall–Kier alpha value is -2.67. The summed E-state index contributed by atoms with van der Waals surface area (Å²) in [5, 5.41) is 5.14. The number of methoxy groups -OCH3 is 1. The van der Waals surface area contributed by atoms with E-state index in [-0.39, 0.29) is 0 Å². The molecule has 136 valence electrons. The maximum absolute atomic E-state index is 5.48. The summed E-state index contributed by atoms with van der Waals surface area (Å²) in [6, 6.07) is 6.11. The minimum Gasteiger partial charge on any atom is -0.494 e. The monoisotopic (exact) mass is 353 g/mol. The first-order chi connectivity index (χ1) is 12.7. The first kappa shape index (κ1) is 16.8. The molecule has 1 saturated heterocycles. The van der Waals surface area contributed by atoms with Crippen LogP contribution < -0.4 is 9.64 Å². The summed E-state index contributed by atoms with van der Waals surface area (Å²) in [6.07, 6.45) is 1.94. The van der Waals surface area contributed by atoms with Gasteiger partial charge in [0.15, 0.2) is 5.82 Å². The SMILES string of the molecule is COc1cccc2c(N3CCN(Cc4noc(C)n4)CC3)c(C)cnc12. The molecule has 0 radical (unpaired) electrons. The molecule has 7 nitrogen and oxygen atoms in total. The smallest absolute Gasteiger partial charge is 0.223 e. The van der Waals surface area contributed by atoms with Crippen LogP contribution in [-0.4, -0.2) is 53.3 Å². The molecule has 0 saturated carbocycles. The Labute approximate surface area is 152 Å². The molecular weight excluding hydrogens is 330 g/mol. The molecule has 1 aliphatic heterocycles. The van der Waals surface area contributed by atoms with Crippen LogP contribution in [0.25, 0.3) is 10.9 Å². The number of ether oxygens (including phenoxy) is 1. The van der Waals surface area contributed by atoms with Crippen molar-refractivity contribution in [3.8, 4) is 5.75 Å². The topological polar surface area (TPSA) is 67.5 Å². The van der Waals surface area contributed by atoms with Crippen LogP contribution in [0, 0.1) is 13.8 Å². The molecule has 26 heavy (non-hydrogen) atoms. The zero-order valence-electron chi connectivity index (χ0n) is 15.4. The quantitative estimate of drug-likeness (QED) is 0.714. The third-order valence-corrected chi connectivity index (χ3v) is 4.86. The van der Waals surface area contributed by atoms with Gasteiger partial charge in [-0.3, -0.25) is 9.88 Å². The minimum absolute atomic E-state index is 0.617. The average Bonchev–Trinajstić information content (AvgIpc) is 3.06. The lowest BCUT2D eigenvalue weighted by atomic mass is 10.1. The van der Waals surface area contributed by atoms with Crippen LogP contribution in [0.15, 0.2) is 28.9 Å². The number of nitrogens with zero attached hydrogens (tertiary/aromatic N) is 5. The number of aryl methyl sites for hydroxylation is 2. The average molecular weight is 353 g/mol. The van der Waals surface area contributed by atoms with Crippen molar-refractivity contribution in [3.05, 3.63) is 41.7 Å². The standard InChI is InChI=1S/C19H23N5O2/c1-13-11-20-18-15(5-4-6-16(18)25-3)19(13)24-9-7-23(8-10-24)12-17-21-14(2)26-22-17/h4-6,11H,7-10,12H2,1-3H3. The number of benzene rings is 1. The van der Waals surface area contributed by atoms with E-state index in [0.717, 1.165) is 55.2 Å². The maximum Gasteiger partial charge on any atom is 0.223 e. The van der Waals surface area contributed by atoms with E-state index in [4.69, 9.17) is 9.26 Å². The van der Waals surface area contributed by atoms with Crippen molar-refractivity contribution in [2.75, 3.05) is 38.2 Å². The van der Waals surface area contributed by atoms with Crippen LogP contribution in [0.3, 0.4) is 0 Å². The second-order valence-corrected chi connectivity index (χ2v) is 6.64. The summed E-state index contributed by atoms with van der Waals surface area (Å²) < 4.78 is 10.5. The number of fused-ring (bicyclic) bond motifs is 1. The predicted octanol–water partition coefficient (Wildman–Crippen LogP) is 2.57. The van der Waals surface area contributed by atoms with Crippen LogP contribution in [0.4, 0.5) is 5.69 Å². The van der Waals surface area contributed by atoms with Gasteiger partial charge in [0.1, 0.15) is 11.3 Å². The van der Waals surface area contributed by atoms with Crippen molar-refractivity contribution in [1.82, 2.24) is 20.0 Å².